The van der Waals surface area contributed by atoms with Crippen LogP contribution in [0.4, 0.5) is 5.69 Å². The summed E-state index contributed by atoms with van der Waals surface area (Å²) in [6, 6.07) is 4.19. The van der Waals surface area contributed by atoms with Crippen molar-refractivity contribution in [3.63, 3.8) is 0 Å². The fraction of sp³-hybridized carbons (Fsp3) is 0.0909. The van der Waals surface area contributed by atoms with Crippen LogP contribution in [0.15, 0.2) is 37.6 Å². The van der Waals surface area contributed by atoms with Gasteiger partial charge in [-0.05, 0) is 6.07 Å². The lowest BCUT2D eigenvalue weighted by molar-refractivity contribution is -0.384. The van der Waals surface area contributed by atoms with E-state index >= 15 is 0 Å². The van der Waals surface area contributed by atoms with Gasteiger partial charge in [-0.1, -0.05) is 13.2 Å². The molecule has 0 fully saturated rings. The number of hydrogen-bond acceptors (Lipinski definition) is 4. The summed E-state index contributed by atoms with van der Waals surface area (Å²) in [5, 5.41) is 10.6. The molecule has 5 heteroatoms. The summed E-state index contributed by atoms with van der Waals surface area (Å²) >= 11 is 0. The van der Waals surface area contributed by atoms with Crippen LogP contribution in [-0.2, 0) is 4.74 Å². The Morgan fingerprint density at radius 1 is 1.56 bits per heavy atom. The normalized spacial score (nSPS) is 9.31. The first kappa shape index (κ1) is 11.8. The van der Waals surface area contributed by atoms with E-state index in [-0.39, 0.29) is 5.69 Å². The van der Waals surface area contributed by atoms with Crippen LogP contribution >= 0.6 is 0 Å². The number of hydrogen-bond donors (Lipinski definition) is 0. The second kappa shape index (κ2) is 4.97. The molecule has 16 heavy (non-hydrogen) atoms. The molecule has 1 aromatic carbocycles. The molecule has 0 saturated carbocycles. The van der Waals surface area contributed by atoms with Gasteiger partial charge in [0.15, 0.2) is 0 Å². The number of nitrogens with zero attached hydrogens (tertiary/aromatic N) is 1. The molecule has 5 nitrogen and oxygen atoms in total. The third-order valence-electron chi connectivity index (χ3n) is 1.92. The maximum absolute atomic E-state index is 10.6. The highest BCUT2D eigenvalue weighted by Gasteiger charge is 2.13. The number of ether oxygens (including phenoxy) is 2. The fourth-order valence-corrected chi connectivity index (χ4v) is 1.19. The maximum atomic E-state index is 10.6. The van der Waals surface area contributed by atoms with Gasteiger partial charge in [0.25, 0.3) is 5.69 Å². The van der Waals surface area contributed by atoms with Crippen LogP contribution in [0.2, 0.25) is 0 Å². The lowest BCUT2D eigenvalue weighted by Crippen LogP contribution is -1.95. The molecule has 0 aliphatic carbocycles. The molecule has 1 rings (SSSR count). The topological polar surface area (TPSA) is 61.6 Å². The van der Waals surface area contributed by atoms with Crippen LogP contribution in [0.5, 0.6) is 5.75 Å². The van der Waals surface area contributed by atoms with E-state index in [0.29, 0.717) is 17.1 Å². The lowest BCUT2D eigenvalue weighted by Gasteiger charge is -2.09. The number of non-ortho nitro benzene ring substituents is 1. The summed E-state index contributed by atoms with van der Waals surface area (Å²) in [6.07, 6.45) is 1.23. The Hall–Kier alpha value is -2.30. The van der Waals surface area contributed by atoms with Gasteiger partial charge in [-0.25, -0.2) is 0 Å². The first-order valence-corrected chi connectivity index (χ1v) is 4.39. The van der Waals surface area contributed by atoms with E-state index < -0.39 is 4.92 Å². The van der Waals surface area contributed by atoms with E-state index in [1.165, 1.54) is 31.6 Å². The predicted octanol–water partition coefficient (Wildman–Crippen LogP) is 2.73. The molecule has 0 N–H and O–H groups in total. The van der Waals surface area contributed by atoms with Crippen LogP contribution < -0.4 is 4.74 Å². The van der Waals surface area contributed by atoms with Crippen molar-refractivity contribution >= 4 is 11.4 Å². The van der Waals surface area contributed by atoms with Crippen molar-refractivity contribution in [2.45, 2.75) is 0 Å². The van der Waals surface area contributed by atoms with Gasteiger partial charge in [-0.15, -0.1) is 0 Å². The minimum absolute atomic E-state index is 0.0491. The zero-order valence-electron chi connectivity index (χ0n) is 8.80. The zero-order valence-corrected chi connectivity index (χ0v) is 8.80. The molecule has 0 aliphatic rings. The van der Waals surface area contributed by atoms with Crippen molar-refractivity contribution < 1.29 is 14.4 Å². The van der Waals surface area contributed by atoms with E-state index in [0.717, 1.165) is 0 Å². The Morgan fingerprint density at radius 2 is 2.25 bits per heavy atom. The monoisotopic (exact) mass is 221 g/mol. The molecule has 1 aromatic rings. The first-order chi connectivity index (χ1) is 7.60. The molecule has 0 spiro atoms. The molecular weight excluding hydrogens is 210 g/mol. The molecule has 0 bridgehead atoms. The number of nitro groups is 1. The third kappa shape index (κ3) is 2.38. The van der Waals surface area contributed by atoms with Gasteiger partial charge in [0.1, 0.15) is 11.5 Å². The van der Waals surface area contributed by atoms with Crippen LogP contribution in [0.1, 0.15) is 5.56 Å². The summed E-state index contributed by atoms with van der Waals surface area (Å²) in [7, 11) is 1.42. The quantitative estimate of drug-likeness (QED) is 0.435. The summed E-state index contributed by atoms with van der Waals surface area (Å²) in [6.45, 7) is 7.05. The summed E-state index contributed by atoms with van der Waals surface area (Å²) < 4.78 is 10.0. The molecule has 0 saturated heterocycles. The maximum Gasteiger partial charge on any atom is 0.273 e. The van der Waals surface area contributed by atoms with E-state index in [4.69, 9.17) is 9.47 Å². The highest BCUT2D eigenvalue weighted by Crippen LogP contribution is 2.29. The summed E-state index contributed by atoms with van der Waals surface area (Å²) in [4.78, 5) is 10.1. The lowest BCUT2D eigenvalue weighted by atomic mass is 10.1. The molecular formula is C11H11NO4. The Kier molecular flexibility index (Phi) is 3.66. The smallest absolute Gasteiger partial charge is 0.273 e. The van der Waals surface area contributed by atoms with Crippen LogP contribution in [0, 0.1) is 10.1 Å². The van der Waals surface area contributed by atoms with Gasteiger partial charge in [0.05, 0.1) is 29.9 Å². The van der Waals surface area contributed by atoms with Gasteiger partial charge < -0.3 is 9.47 Å². The molecule has 0 heterocycles. The van der Waals surface area contributed by atoms with Crippen molar-refractivity contribution in [3.05, 3.63) is 53.3 Å². The van der Waals surface area contributed by atoms with E-state index in [2.05, 4.69) is 13.2 Å². The molecule has 0 radical (unpaired) electrons. The SMILES string of the molecule is C=COC(=C)c1ccc([N+](=O)[O-])cc1OC. The molecule has 0 amide bonds. The van der Waals surface area contributed by atoms with E-state index in [1.54, 1.807) is 0 Å². The van der Waals surface area contributed by atoms with Crippen LogP contribution in [0.3, 0.4) is 0 Å². The van der Waals surface area contributed by atoms with Crippen LogP contribution in [-0.4, -0.2) is 12.0 Å². The van der Waals surface area contributed by atoms with Gasteiger partial charge >= 0.3 is 0 Å². The number of nitro benzene ring substituents is 1. The number of rotatable bonds is 5. The Morgan fingerprint density at radius 3 is 2.75 bits per heavy atom. The van der Waals surface area contributed by atoms with E-state index in [9.17, 15) is 10.1 Å². The second-order valence-corrected chi connectivity index (χ2v) is 2.85. The average molecular weight is 221 g/mol. The first-order valence-electron chi connectivity index (χ1n) is 4.39. The van der Waals surface area contributed by atoms with Gasteiger partial charge in [-0.3, -0.25) is 10.1 Å². The minimum atomic E-state index is -0.497. The highest BCUT2D eigenvalue weighted by molar-refractivity contribution is 5.66. The Labute approximate surface area is 92.8 Å². The minimum Gasteiger partial charge on any atom is -0.496 e. The molecule has 0 aromatic heterocycles. The third-order valence-corrected chi connectivity index (χ3v) is 1.92. The number of methoxy groups -OCH3 is 1. The second-order valence-electron chi connectivity index (χ2n) is 2.85. The van der Waals surface area contributed by atoms with Crippen molar-refractivity contribution in [3.8, 4) is 5.75 Å². The van der Waals surface area contributed by atoms with Crippen molar-refractivity contribution in [2.75, 3.05) is 7.11 Å². The molecule has 0 aliphatic heterocycles. The average Bonchev–Trinajstić information content (AvgIpc) is 2.28. The van der Waals surface area contributed by atoms with Crippen molar-refractivity contribution in [2.24, 2.45) is 0 Å². The Balaban J connectivity index is 3.16. The van der Waals surface area contributed by atoms with Gasteiger partial charge in [0.2, 0.25) is 0 Å². The fourth-order valence-electron chi connectivity index (χ4n) is 1.19. The number of benzene rings is 1. The summed E-state index contributed by atoms with van der Waals surface area (Å²) in [5.41, 5.74) is 0.500. The van der Waals surface area contributed by atoms with Crippen molar-refractivity contribution in [1.82, 2.24) is 0 Å². The molecule has 0 unspecified atom stereocenters. The van der Waals surface area contributed by atoms with Gasteiger partial charge in [0, 0.05) is 6.07 Å². The largest absolute Gasteiger partial charge is 0.496 e. The summed E-state index contributed by atoms with van der Waals surface area (Å²) in [5.74, 6) is 0.655. The predicted molar refractivity (Wildman–Crippen MR) is 60.0 cm³/mol. The van der Waals surface area contributed by atoms with Crippen molar-refractivity contribution in [1.29, 1.82) is 0 Å². The Bertz CT molecular complexity index is 440. The van der Waals surface area contributed by atoms with Crippen LogP contribution in [0.25, 0.3) is 5.76 Å². The van der Waals surface area contributed by atoms with E-state index in [1.807, 2.05) is 0 Å². The zero-order chi connectivity index (χ0) is 12.1. The van der Waals surface area contributed by atoms with Gasteiger partial charge in [-0.2, -0.15) is 0 Å². The standard InChI is InChI=1S/C11H11NO4/c1-4-16-8(2)10-6-5-9(12(13)14)7-11(10)15-3/h4-7H,1-2H2,3H3. The highest BCUT2D eigenvalue weighted by atomic mass is 16.6. The molecule has 0 atom stereocenters. The molecule has 84 valence electrons.